The van der Waals surface area contributed by atoms with Gasteiger partial charge in [0.25, 0.3) is 0 Å². The summed E-state index contributed by atoms with van der Waals surface area (Å²) in [6.45, 7) is 2.30. The van der Waals surface area contributed by atoms with Crippen molar-refractivity contribution in [3.63, 3.8) is 0 Å². The summed E-state index contributed by atoms with van der Waals surface area (Å²) in [6.07, 6.45) is 4.68. The molecule has 0 saturated heterocycles. The number of rotatable bonds is 6. The van der Waals surface area contributed by atoms with Crippen molar-refractivity contribution in [1.29, 1.82) is 0 Å². The van der Waals surface area contributed by atoms with E-state index in [-0.39, 0.29) is 29.8 Å². The van der Waals surface area contributed by atoms with E-state index in [1.54, 1.807) is 19.2 Å². The van der Waals surface area contributed by atoms with Gasteiger partial charge in [0, 0.05) is 39.1 Å². The number of halogens is 2. The summed E-state index contributed by atoms with van der Waals surface area (Å²) in [6, 6.07) is 10.8. The first-order valence-corrected chi connectivity index (χ1v) is 7.08. The van der Waals surface area contributed by atoms with Crippen LogP contribution in [0.5, 0.6) is 0 Å². The zero-order valence-electron chi connectivity index (χ0n) is 12.6. The van der Waals surface area contributed by atoms with Gasteiger partial charge in [-0.05, 0) is 30.2 Å². The summed E-state index contributed by atoms with van der Waals surface area (Å²) in [4.78, 5) is 4.15. The number of aromatic nitrogens is 1. The normalized spacial score (nSPS) is 10.9. The Morgan fingerprint density at radius 1 is 1.09 bits per heavy atom. The summed E-state index contributed by atoms with van der Waals surface area (Å²) in [5.41, 5.74) is 0.716. The van der Waals surface area contributed by atoms with Crippen LogP contribution in [0, 0.1) is 5.82 Å². The molecule has 0 aliphatic carbocycles. The predicted octanol–water partition coefficient (Wildman–Crippen LogP) is 2.65. The van der Waals surface area contributed by atoms with Crippen LogP contribution in [0.15, 0.2) is 53.8 Å². The maximum absolute atomic E-state index is 13.5. The minimum Gasteiger partial charge on any atom is -0.356 e. The lowest BCUT2D eigenvalue weighted by Gasteiger charge is -2.12. The molecule has 0 saturated carbocycles. The van der Waals surface area contributed by atoms with E-state index >= 15 is 0 Å². The molecule has 0 atom stereocenters. The Bertz CT molecular complexity index is 569. The molecule has 0 unspecified atom stereocenters. The monoisotopic (exact) mass is 416 g/mol. The van der Waals surface area contributed by atoms with Gasteiger partial charge in [-0.25, -0.2) is 4.39 Å². The van der Waals surface area contributed by atoms with Crippen LogP contribution in [0.25, 0.3) is 0 Å². The number of nitrogens with zero attached hydrogens (tertiary/aromatic N) is 2. The highest BCUT2D eigenvalue weighted by Gasteiger charge is 2.01. The molecule has 1 aromatic carbocycles. The molecule has 0 aliphatic rings. The van der Waals surface area contributed by atoms with Gasteiger partial charge in [0.1, 0.15) is 5.82 Å². The Kier molecular flexibility index (Phi) is 8.57. The second-order valence-corrected chi connectivity index (χ2v) is 4.69. The lowest BCUT2D eigenvalue weighted by Crippen LogP contribution is -2.39. The number of hydrogen-bond acceptors (Lipinski definition) is 1. The zero-order chi connectivity index (χ0) is 14.9. The van der Waals surface area contributed by atoms with E-state index in [2.05, 4.69) is 20.2 Å². The number of guanidine groups is 1. The topological polar surface area (TPSA) is 41.4 Å². The van der Waals surface area contributed by atoms with Gasteiger partial charge < -0.3 is 15.2 Å². The molecule has 0 aliphatic heterocycles. The average molecular weight is 416 g/mol. The second kappa shape index (κ2) is 10.2. The maximum Gasteiger partial charge on any atom is 0.191 e. The molecular formula is C16H22FIN4. The number of hydrogen-bond donors (Lipinski definition) is 2. The fourth-order valence-corrected chi connectivity index (χ4v) is 2.06. The van der Waals surface area contributed by atoms with Crippen molar-refractivity contribution < 1.29 is 4.39 Å². The fourth-order valence-electron chi connectivity index (χ4n) is 2.06. The van der Waals surface area contributed by atoms with Crippen LogP contribution >= 0.6 is 24.0 Å². The van der Waals surface area contributed by atoms with E-state index in [1.807, 2.05) is 30.6 Å². The molecule has 6 heteroatoms. The number of benzene rings is 1. The largest absolute Gasteiger partial charge is 0.356 e. The molecule has 0 spiro atoms. The Labute approximate surface area is 147 Å². The van der Waals surface area contributed by atoms with E-state index in [1.165, 1.54) is 6.07 Å². The van der Waals surface area contributed by atoms with Crippen LogP contribution in [0.1, 0.15) is 5.56 Å². The van der Waals surface area contributed by atoms with Gasteiger partial charge in [-0.3, -0.25) is 4.99 Å². The smallest absolute Gasteiger partial charge is 0.191 e. The molecule has 0 amide bonds. The quantitative estimate of drug-likeness (QED) is 0.432. The standard InChI is InChI=1S/C16H21FN4.HI/c1-18-16(20-10-13-21-11-4-5-12-21)19-9-8-14-6-2-3-7-15(14)17;/h2-7,11-12H,8-10,13H2,1H3,(H2,18,19,20);1H. The number of aliphatic imine (C=N–C) groups is 1. The summed E-state index contributed by atoms with van der Waals surface area (Å²) >= 11 is 0. The van der Waals surface area contributed by atoms with Crippen LogP contribution in [0.2, 0.25) is 0 Å². The van der Waals surface area contributed by atoms with E-state index < -0.39 is 0 Å². The lowest BCUT2D eigenvalue weighted by molar-refractivity contribution is 0.606. The summed E-state index contributed by atoms with van der Waals surface area (Å²) in [7, 11) is 1.73. The second-order valence-electron chi connectivity index (χ2n) is 4.69. The highest BCUT2D eigenvalue weighted by molar-refractivity contribution is 14.0. The minimum absolute atomic E-state index is 0. The van der Waals surface area contributed by atoms with Crippen molar-refractivity contribution in [2.45, 2.75) is 13.0 Å². The van der Waals surface area contributed by atoms with E-state index in [0.717, 1.165) is 19.0 Å². The molecular weight excluding hydrogens is 394 g/mol. The Hall–Kier alpha value is -1.57. The van der Waals surface area contributed by atoms with Gasteiger partial charge >= 0.3 is 0 Å². The first kappa shape index (κ1) is 18.5. The molecule has 120 valence electrons. The van der Waals surface area contributed by atoms with Crippen LogP contribution < -0.4 is 10.6 Å². The molecule has 1 aromatic heterocycles. The third-order valence-electron chi connectivity index (χ3n) is 3.20. The fraction of sp³-hybridized carbons (Fsp3) is 0.312. The van der Waals surface area contributed by atoms with Crippen molar-refractivity contribution in [1.82, 2.24) is 15.2 Å². The van der Waals surface area contributed by atoms with Crippen LogP contribution in [-0.4, -0.2) is 30.7 Å². The van der Waals surface area contributed by atoms with Gasteiger partial charge in [-0.15, -0.1) is 24.0 Å². The lowest BCUT2D eigenvalue weighted by atomic mass is 10.1. The molecule has 2 aromatic rings. The van der Waals surface area contributed by atoms with E-state index in [0.29, 0.717) is 18.5 Å². The zero-order valence-corrected chi connectivity index (χ0v) is 15.0. The molecule has 2 N–H and O–H groups in total. The number of nitrogens with one attached hydrogen (secondary N) is 2. The third-order valence-corrected chi connectivity index (χ3v) is 3.20. The van der Waals surface area contributed by atoms with Crippen molar-refractivity contribution in [2.24, 2.45) is 4.99 Å². The summed E-state index contributed by atoms with van der Waals surface area (Å²) < 4.78 is 15.6. The van der Waals surface area contributed by atoms with Gasteiger partial charge in [0.15, 0.2) is 5.96 Å². The van der Waals surface area contributed by atoms with E-state index in [4.69, 9.17) is 0 Å². The maximum atomic E-state index is 13.5. The molecule has 4 nitrogen and oxygen atoms in total. The van der Waals surface area contributed by atoms with Crippen molar-refractivity contribution in [3.8, 4) is 0 Å². The Morgan fingerprint density at radius 2 is 1.77 bits per heavy atom. The molecule has 0 bridgehead atoms. The highest BCUT2D eigenvalue weighted by Crippen LogP contribution is 2.05. The molecule has 2 rings (SSSR count). The van der Waals surface area contributed by atoms with Crippen molar-refractivity contribution in [3.05, 3.63) is 60.2 Å². The summed E-state index contributed by atoms with van der Waals surface area (Å²) in [5.74, 6) is 0.577. The SMILES string of the molecule is CN=C(NCCc1ccccc1F)NCCn1cccc1.I. The van der Waals surface area contributed by atoms with Gasteiger partial charge in [0.2, 0.25) is 0 Å². The molecule has 0 fully saturated rings. The van der Waals surface area contributed by atoms with Crippen LogP contribution in [0.4, 0.5) is 4.39 Å². The molecule has 1 heterocycles. The Morgan fingerprint density at radius 3 is 2.45 bits per heavy atom. The molecule has 0 radical (unpaired) electrons. The van der Waals surface area contributed by atoms with Crippen molar-refractivity contribution in [2.75, 3.05) is 20.1 Å². The summed E-state index contributed by atoms with van der Waals surface area (Å²) in [5, 5.41) is 6.42. The highest BCUT2D eigenvalue weighted by atomic mass is 127. The van der Waals surface area contributed by atoms with E-state index in [9.17, 15) is 4.39 Å². The first-order chi connectivity index (χ1) is 10.3. The first-order valence-electron chi connectivity index (χ1n) is 7.08. The van der Waals surface area contributed by atoms with Gasteiger partial charge in [0.05, 0.1) is 0 Å². The Balaban J connectivity index is 0.00000242. The van der Waals surface area contributed by atoms with Gasteiger partial charge in [-0.2, -0.15) is 0 Å². The minimum atomic E-state index is -0.158. The average Bonchev–Trinajstić information content (AvgIpc) is 3.01. The third kappa shape index (κ3) is 6.05. The predicted molar refractivity (Wildman–Crippen MR) is 99.3 cm³/mol. The van der Waals surface area contributed by atoms with Crippen LogP contribution in [0.3, 0.4) is 0 Å². The molecule has 22 heavy (non-hydrogen) atoms. The van der Waals surface area contributed by atoms with Gasteiger partial charge in [-0.1, -0.05) is 18.2 Å². The van der Waals surface area contributed by atoms with Crippen LogP contribution in [-0.2, 0) is 13.0 Å². The van der Waals surface area contributed by atoms with Crippen molar-refractivity contribution >= 4 is 29.9 Å².